The van der Waals surface area contributed by atoms with Crippen LogP contribution >= 0.6 is 0 Å². The zero-order valence-electron chi connectivity index (χ0n) is 16.5. The summed E-state index contributed by atoms with van der Waals surface area (Å²) in [6.45, 7) is 2.26. The molecule has 154 valence electrons. The van der Waals surface area contributed by atoms with E-state index in [1.54, 1.807) is 17.2 Å². The fourth-order valence-electron chi connectivity index (χ4n) is 3.28. The summed E-state index contributed by atoms with van der Waals surface area (Å²) >= 11 is 0. The average molecular weight is 408 g/mol. The third kappa shape index (κ3) is 4.29. The van der Waals surface area contributed by atoms with Crippen molar-refractivity contribution in [2.45, 2.75) is 0 Å². The van der Waals surface area contributed by atoms with E-state index in [4.69, 9.17) is 4.74 Å². The SMILES string of the molecule is COc1ccc(C(=O)N2CCN(c3cc(Nc4ccccn4)ncn3)CC2)cc1F. The van der Waals surface area contributed by atoms with Crippen LogP contribution in [-0.4, -0.2) is 59.0 Å². The Hall–Kier alpha value is -3.75. The molecular weight excluding hydrogens is 387 g/mol. The number of nitrogens with zero attached hydrogens (tertiary/aromatic N) is 5. The van der Waals surface area contributed by atoms with Gasteiger partial charge in [-0.25, -0.2) is 19.3 Å². The summed E-state index contributed by atoms with van der Waals surface area (Å²) in [4.78, 5) is 29.3. The molecule has 4 rings (SSSR count). The van der Waals surface area contributed by atoms with Crippen LogP contribution in [0.15, 0.2) is 55.0 Å². The number of halogens is 1. The number of anilines is 3. The van der Waals surface area contributed by atoms with Crippen LogP contribution in [0.4, 0.5) is 21.8 Å². The Morgan fingerprint density at radius 3 is 2.57 bits per heavy atom. The Bertz CT molecular complexity index is 1030. The molecule has 1 amide bonds. The minimum absolute atomic E-state index is 0.121. The van der Waals surface area contributed by atoms with Crippen LogP contribution in [0, 0.1) is 5.82 Å². The maximum Gasteiger partial charge on any atom is 0.254 e. The van der Waals surface area contributed by atoms with Crippen LogP contribution in [0.1, 0.15) is 10.4 Å². The summed E-state index contributed by atoms with van der Waals surface area (Å²) in [5.41, 5.74) is 0.311. The van der Waals surface area contributed by atoms with E-state index < -0.39 is 5.82 Å². The maximum atomic E-state index is 13.9. The van der Waals surface area contributed by atoms with Gasteiger partial charge in [-0.05, 0) is 30.3 Å². The van der Waals surface area contributed by atoms with E-state index in [-0.39, 0.29) is 11.7 Å². The van der Waals surface area contributed by atoms with Crippen molar-refractivity contribution in [1.29, 1.82) is 0 Å². The van der Waals surface area contributed by atoms with E-state index in [0.29, 0.717) is 43.4 Å². The molecule has 1 saturated heterocycles. The molecule has 9 heteroatoms. The molecule has 3 heterocycles. The van der Waals surface area contributed by atoms with Crippen LogP contribution in [0.25, 0.3) is 0 Å². The monoisotopic (exact) mass is 408 g/mol. The standard InChI is InChI=1S/C21H21FN6O2/c1-30-17-6-5-15(12-16(17)22)21(29)28-10-8-27(9-11-28)20-13-19(24-14-25-20)26-18-4-2-3-7-23-18/h2-7,12-14H,8-11H2,1H3,(H,23,24,25,26). The van der Waals surface area contributed by atoms with Crippen LogP contribution in [0.2, 0.25) is 0 Å². The van der Waals surface area contributed by atoms with Crippen LogP contribution < -0.4 is 15.0 Å². The number of piperazine rings is 1. The highest BCUT2D eigenvalue weighted by Gasteiger charge is 2.24. The van der Waals surface area contributed by atoms with Crippen molar-refractivity contribution < 1.29 is 13.9 Å². The molecule has 0 aliphatic carbocycles. The third-order valence-electron chi connectivity index (χ3n) is 4.86. The Labute approximate surface area is 173 Å². The van der Waals surface area contributed by atoms with Crippen LogP contribution in [-0.2, 0) is 0 Å². The number of nitrogens with one attached hydrogen (secondary N) is 1. The second-order valence-electron chi connectivity index (χ2n) is 6.73. The molecule has 0 bridgehead atoms. The van der Waals surface area contributed by atoms with E-state index in [1.165, 1.54) is 25.6 Å². The molecule has 1 aromatic carbocycles. The first-order chi connectivity index (χ1) is 14.6. The van der Waals surface area contributed by atoms with Crippen molar-refractivity contribution in [1.82, 2.24) is 19.9 Å². The number of benzene rings is 1. The number of ether oxygens (including phenoxy) is 1. The first-order valence-electron chi connectivity index (χ1n) is 9.52. The molecule has 0 radical (unpaired) electrons. The first kappa shape index (κ1) is 19.6. The molecule has 30 heavy (non-hydrogen) atoms. The van der Waals surface area contributed by atoms with Gasteiger partial charge < -0.3 is 19.9 Å². The second-order valence-corrected chi connectivity index (χ2v) is 6.73. The summed E-state index contributed by atoms with van der Waals surface area (Å²) < 4.78 is 18.8. The summed E-state index contributed by atoms with van der Waals surface area (Å²) in [5.74, 6) is 1.49. The highest BCUT2D eigenvalue weighted by molar-refractivity contribution is 5.94. The van der Waals surface area contributed by atoms with Gasteiger partial charge in [0.25, 0.3) is 5.91 Å². The lowest BCUT2D eigenvalue weighted by molar-refractivity contribution is 0.0746. The molecule has 3 aromatic rings. The van der Waals surface area contributed by atoms with Crippen molar-refractivity contribution in [2.75, 3.05) is 43.5 Å². The number of rotatable bonds is 5. The molecule has 0 atom stereocenters. The van der Waals surface area contributed by atoms with Gasteiger partial charge in [0.05, 0.1) is 7.11 Å². The van der Waals surface area contributed by atoms with E-state index in [1.807, 2.05) is 24.3 Å². The average Bonchev–Trinajstić information content (AvgIpc) is 2.79. The van der Waals surface area contributed by atoms with Gasteiger partial charge in [0.15, 0.2) is 11.6 Å². The molecule has 0 spiro atoms. The lowest BCUT2D eigenvalue weighted by Crippen LogP contribution is -2.49. The minimum Gasteiger partial charge on any atom is -0.494 e. The number of hydrogen-bond donors (Lipinski definition) is 1. The lowest BCUT2D eigenvalue weighted by atomic mass is 10.1. The van der Waals surface area contributed by atoms with Crippen molar-refractivity contribution in [3.63, 3.8) is 0 Å². The summed E-state index contributed by atoms with van der Waals surface area (Å²) in [5, 5.41) is 3.15. The van der Waals surface area contributed by atoms with Gasteiger partial charge in [-0.1, -0.05) is 6.07 Å². The molecular formula is C21H21FN6O2. The highest BCUT2D eigenvalue weighted by Crippen LogP contribution is 2.21. The zero-order valence-corrected chi connectivity index (χ0v) is 16.5. The van der Waals surface area contributed by atoms with Crippen LogP contribution in [0.5, 0.6) is 5.75 Å². The predicted octanol–water partition coefficient (Wildman–Crippen LogP) is 2.73. The van der Waals surface area contributed by atoms with Gasteiger partial charge in [-0.3, -0.25) is 4.79 Å². The fraction of sp³-hybridized carbons (Fsp3) is 0.238. The Morgan fingerprint density at radius 1 is 1.03 bits per heavy atom. The second kappa shape index (κ2) is 8.73. The quantitative estimate of drug-likeness (QED) is 0.695. The third-order valence-corrected chi connectivity index (χ3v) is 4.86. The highest BCUT2D eigenvalue weighted by atomic mass is 19.1. The summed E-state index contributed by atoms with van der Waals surface area (Å²) in [6.07, 6.45) is 3.20. The first-order valence-corrected chi connectivity index (χ1v) is 9.52. The molecule has 1 aliphatic rings. The van der Waals surface area contributed by atoms with Crippen molar-refractivity contribution in [3.05, 3.63) is 66.4 Å². The zero-order chi connectivity index (χ0) is 20.9. The summed E-state index contributed by atoms with van der Waals surface area (Å²) in [6, 6.07) is 11.7. The molecule has 8 nitrogen and oxygen atoms in total. The Morgan fingerprint density at radius 2 is 1.87 bits per heavy atom. The van der Waals surface area contributed by atoms with E-state index in [2.05, 4.69) is 25.2 Å². The number of carbonyl (C=O) groups is 1. The van der Waals surface area contributed by atoms with Gasteiger partial charge in [-0.2, -0.15) is 0 Å². The molecule has 0 unspecified atom stereocenters. The number of hydrogen-bond acceptors (Lipinski definition) is 7. The minimum atomic E-state index is -0.545. The van der Waals surface area contributed by atoms with Crippen molar-refractivity contribution >= 4 is 23.4 Å². The molecule has 2 aromatic heterocycles. The Balaban J connectivity index is 1.39. The van der Waals surface area contributed by atoms with Gasteiger partial charge in [0, 0.05) is 44.0 Å². The molecule has 1 fully saturated rings. The normalized spacial score (nSPS) is 13.8. The van der Waals surface area contributed by atoms with E-state index in [0.717, 1.165) is 5.82 Å². The van der Waals surface area contributed by atoms with Gasteiger partial charge >= 0.3 is 0 Å². The van der Waals surface area contributed by atoms with Gasteiger partial charge in [-0.15, -0.1) is 0 Å². The van der Waals surface area contributed by atoms with Gasteiger partial charge in [0.1, 0.15) is 23.8 Å². The summed E-state index contributed by atoms with van der Waals surface area (Å²) in [7, 11) is 1.39. The Kier molecular flexibility index (Phi) is 5.69. The smallest absolute Gasteiger partial charge is 0.254 e. The number of pyridine rings is 1. The van der Waals surface area contributed by atoms with E-state index in [9.17, 15) is 9.18 Å². The number of amides is 1. The lowest BCUT2D eigenvalue weighted by Gasteiger charge is -2.35. The topological polar surface area (TPSA) is 83.5 Å². The number of carbonyl (C=O) groups excluding carboxylic acids is 1. The van der Waals surface area contributed by atoms with Gasteiger partial charge in [0.2, 0.25) is 0 Å². The molecule has 1 aliphatic heterocycles. The fourth-order valence-corrected chi connectivity index (χ4v) is 3.28. The van der Waals surface area contributed by atoms with Crippen molar-refractivity contribution in [3.8, 4) is 5.75 Å². The van der Waals surface area contributed by atoms with E-state index >= 15 is 0 Å². The van der Waals surface area contributed by atoms with Crippen LogP contribution in [0.3, 0.4) is 0 Å². The number of aromatic nitrogens is 3. The molecule has 1 N–H and O–H groups in total. The molecule has 0 saturated carbocycles. The number of methoxy groups -OCH3 is 1. The largest absolute Gasteiger partial charge is 0.494 e. The van der Waals surface area contributed by atoms with Crippen molar-refractivity contribution in [2.24, 2.45) is 0 Å². The predicted molar refractivity (Wildman–Crippen MR) is 111 cm³/mol. The maximum absolute atomic E-state index is 13.9.